The van der Waals surface area contributed by atoms with Crippen molar-refractivity contribution < 1.29 is 15.0 Å². The van der Waals surface area contributed by atoms with Gasteiger partial charge in [0.15, 0.2) is 4.77 Å². The number of hydrogen-bond acceptors (Lipinski definition) is 5. The number of carboxylic acids is 1. The molecule has 118 valence electrons. The molecule has 0 aliphatic heterocycles. The van der Waals surface area contributed by atoms with Crippen molar-refractivity contribution in [3.8, 4) is 5.88 Å². The molecule has 1 fully saturated rings. The van der Waals surface area contributed by atoms with Gasteiger partial charge in [-0.2, -0.15) is 0 Å². The van der Waals surface area contributed by atoms with Crippen LogP contribution >= 0.6 is 12.2 Å². The van der Waals surface area contributed by atoms with E-state index >= 15 is 0 Å². The number of hydrogen-bond donors (Lipinski definition) is 3. The number of rotatable bonds is 4. The van der Waals surface area contributed by atoms with Gasteiger partial charge in [0.25, 0.3) is 5.56 Å². The highest BCUT2D eigenvalue weighted by Crippen LogP contribution is 2.37. The van der Waals surface area contributed by atoms with E-state index in [2.05, 4.69) is 9.98 Å². The summed E-state index contributed by atoms with van der Waals surface area (Å²) in [5.41, 5.74) is 0.115. The second-order valence-corrected chi connectivity index (χ2v) is 5.59. The lowest BCUT2D eigenvalue weighted by molar-refractivity contribution is 0.0697. The molecule has 0 spiro atoms. The molecule has 1 aliphatic carbocycles. The SMILES string of the molecule is O=C(O)c1ccc(N=Cc2c(O)n(C3CC3)c(=S)[nH]c2=O)cc1. The van der Waals surface area contributed by atoms with Gasteiger partial charge in [-0.1, -0.05) is 0 Å². The van der Waals surface area contributed by atoms with E-state index < -0.39 is 11.5 Å². The predicted octanol–water partition coefficient (Wildman–Crippen LogP) is 2.40. The van der Waals surface area contributed by atoms with Crippen LogP contribution in [0.15, 0.2) is 34.1 Å². The van der Waals surface area contributed by atoms with Gasteiger partial charge in [0.1, 0.15) is 5.56 Å². The molecule has 7 nitrogen and oxygen atoms in total. The Hall–Kier alpha value is -2.74. The quantitative estimate of drug-likeness (QED) is 0.589. The molecule has 8 heteroatoms. The van der Waals surface area contributed by atoms with Crippen molar-refractivity contribution in [3.63, 3.8) is 0 Å². The molecule has 1 saturated carbocycles. The van der Waals surface area contributed by atoms with E-state index in [1.807, 2.05) is 0 Å². The van der Waals surface area contributed by atoms with Crippen molar-refractivity contribution in [2.24, 2.45) is 4.99 Å². The lowest BCUT2D eigenvalue weighted by Crippen LogP contribution is -2.18. The predicted molar refractivity (Wildman–Crippen MR) is 86.5 cm³/mol. The third kappa shape index (κ3) is 3.07. The number of aliphatic imine (C=N–C) groups is 1. The fourth-order valence-electron chi connectivity index (χ4n) is 2.17. The van der Waals surface area contributed by atoms with E-state index in [9.17, 15) is 14.7 Å². The standard InChI is InChI=1S/C15H13N3O4S/c19-12-11(13(20)18(10-5-6-10)15(23)17-12)7-16-9-3-1-8(2-4-9)14(21)22/h1-4,7,10,20H,5-6H2,(H,21,22)(H,17,19,23). The topological polar surface area (TPSA) is 108 Å². The molecule has 1 aromatic heterocycles. The van der Waals surface area contributed by atoms with Crippen LogP contribution in [0.2, 0.25) is 0 Å². The number of nitrogens with one attached hydrogen (secondary N) is 1. The highest BCUT2D eigenvalue weighted by molar-refractivity contribution is 7.71. The summed E-state index contributed by atoms with van der Waals surface area (Å²) in [5, 5.41) is 19.1. The zero-order valence-electron chi connectivity index (χ0n) is 11.9. The number of nitrogens with zero attached hydrogens (tertiary/aromatic N) is 2. The molecule has 0 amide bonds. The molecule has 0 atom stereocenters. The van der Waals surface area contributed by atoms with Gasteiger partial charge in [-0.15, -0.1) is 0 Å². The van der Waals surface area contributed by atoms with Crippen LogP contribution in [-0.4, -0.2) is 31.9 Å². The third-order valence-electron chi connectivity index (χ3n) is 3.52. The zero-order valence-corrected chi connectivity index (χ0v) is 12.7. The minimum atomic E-state index is -1.03. The maximum Gasteiger partial charge on any atom is 0.335 e. The second-order valence-electron chi connectivity index (χ2n) is 5.21. The molecule has 2 aromatic rings. The van der Waals surface area contributed by atoms with Gasteiger partial charge in [0.05, 0.1) is 11.3 Å². The van der Waals surface area contributed by atoms with Gasteiger partial charge < -0.3 is 10.2 Å². The van der Waals surface area contributed by atoms with Gasteiger partial charge >= 0.3 is 5.97 Å². The molecule has 3 rings (SSSR count). The molecule has 0 saturated heterocycles. The van der Waals surface area contributed by atoms with E-state index in [1.54, 1.807) is 0 Å². The van der Waals surface area contributed by atoms with E-state index in [-0.39, 0.29) is 27.8 Å². The Morgan fingerprint density at radius 1 is 1.35 bits per heavy atom. The van der Waals surface area contributed by atoms with E-state index in [4.69, 9.17) is 17.3 Å². The van der Waals surface area contributed by atoms with Gasteiger partial charge in [-0.25, -0.2) is 4.79 Å². The average Bonchev–Trinajstić information content (AvgIpc) is 3.31. The minimum Gasteiger partial charge on any atom is -0.494 e. The van der Waals surface area contributed by atoms with Crippen molar-refractivity contribution in [1.82, 2.24) is 9.55 Å². The largest absolute Gasteiger partial charge is 0.494 e. The average molecular weight is 331 g/mol. The van der Waals surface area contributed by atoms with Gasteiger partial charge in [0, 0.05) is 12.3 Å². The molecule has 0 radical (unpaired) electrons. The first kappa shape index (κ1) is 15.2. The first-order chi connectivity index (χ1) is 11.0. The Morgan fingerprint density at radius 2 is 2.00 bits per heavy atom. The molecule has 3 N–H and O–H groups in total. The molecule has 1 heterocycles. The van der Waals surface area contributed by atoms with Crippen LogP contribution in [0.25, 0.3) is 0 Å². The number of carbonyl (C=O) groups is 1. The summed E-state index contributed by atoms with van der Waals surface area (Å²) in [6.07, 6.45) is 3.06. The van der Waals surface area contributed by atoms with Crippen LogP contribution < -0.4 is 5.56 Å². The summed E-state index contributed by atoms with van der Waals surface area (Å²) in [6.45, 7) is 0. The first-order valence-corrected chi connectivity index (χ1v) is 7.33. The number of aromatic amines is 1. The number of carboxylic acid groups (broad SMARTS) is 1. The summed E-state index contributed by atoms with van der Waals surface area (Å²) < 4.78 is 1.71. The van der Waals surface area contributed by atoms with Crippen LogP contribution in [0, 0.1) is 4.77 Å². The molecule has 0 bridgehead atoms. The number of H-pyrrole nitrogens is 1. The monoisotopic (exact) mass is 331 g/mol. The van der Waals surface area contributed by atoms with Crippen molar-refractivity contribution in [2.45, 2.75) is 18.9 Å². The maximum absolute atomic E-state index is 12.0. The highest BCUT2D eigenvalue weighted by atomic mass is 32.1. The molecular formula is C15H13N3O4S. The Labute approximate surface area is 135 Å². The Morgan fingerprint density at radius 3 is 2.57 bits per heavy atom. The summed E-state index contributed by atoms with van der Waals surface area (Å²) in [6, 6.07) is 5.97. The number of benzene rings is 1. The number of aromatic hydroxyl groups is 1. The van der Waals surface area contributed by atoms with E-state index in [1.165, 1.54) is 35.0 Å². The third-order valence-corrected chi connectivity index (χ3v) is 3.82. The van der Waals surface area contributed by atoms with E-state index in [0.717, 1.165) is 12.8 Å². The second kappa shape index (κ2) is 5.81. The summed E-state index contributed by atoms with van der Waals surface area (Å²) in [4.78, 5) is 29.4. The fraction of sp³-hybridized carbons (Fsp3) is 0.200. The van der Waals surface area contributed by atoms with Crippen molar-refractivity contribution in [2.75, 3.05) is 0 Å². The van der Waals surface area contributed by atoms with Gasteiger partial charge in [-0.05, 0) is 49.3 Å². The zero-order chi connectivity index (χ0) is 16.6. The molecule has 0 unspecified atom stereocenters. The Balaban J connectivity index is 1.96. The molecule has 1 aromatic carbocycles. The number of aromatic carboxylic acids is 1. The maximum atomic E-state index is 12.0. The summed E-state index contributed by atoms with van der Waals surface area (Å²) in [7, 11) is 0. The van der Waals surface area contributed by atoms with Crippen molar-refractivity contribution in [1.29, 1.82) is 0 Å². The molecule has 1 aliphatic rings. The minimum absolute atomic E-state index is 0.0211. The lowest BCUT2D eigenvalue weighted by atomic mass is 10.2. The van der Waals surface area contributed by atoms with Gasteiger partial charge in [-0.3, -0.25) is 19.3 Å². The Bertz CT molecular complexity index is 908. The number of aromatic nitrogens is 2. The van der Waals surface area contributed by atoms with Crippen LogP contribution in [-0.2, 0) is 0 Å². The summed E-state index contributed by atoms with van der Waals surface area (Å²) in [5.74, 6) is -1.23. The smallest absolute Gasteiger partial charge is 0.335 e. The van der Waals surface area contributed by atoms with Gasteiger partial charge in [0.2, 0.25) is 5.88 Å². The Kier molecular flexibility index (Phi) is 3.83. The summed E-state index contributed by atoms with van der Waals surface area (Å²) >= 11 is 5.07. The van der Waals surface area contributed by atoms with E-state index in [0.29, 0.717) is 5.69 Å². The van der Waals surface area contributed by atoms with Crippen LogP contribution in [0.1, 0.15) is 34.8 Å². The normalized spacial score (nSPS) is 14.3. The van der Waals surface area contributed by atoms with Crippen LogP contribution in [0.4, 0.5) is 5.69 Å². The lowest BCUT2D eigenvalue weighted by Gasteiger charge is -2.09. The van der Waals surface area contributed by atoms with Crippen LogP contribution in [0.3, 0.4) is 0 Å². The van der Waals surface area contributed by atoms with Crippen molar-refractivity contribution >= 4 is 30.1 Å². The molecular weight excluding hydrogens is 318 g/mol. The molecule has 23 heavy (non-hydrogen) atoms. The van der Waals surface area contributed by atoms with Crippen LogP contribution in [0.5, 0.6) is 5.88 Å². The highest BCUT2D eigenvalue weighted by Gasteiger charge is 2.27. The first-order valence-electron chi connectivity index (χ1n) is 6.92. The fourth-order valence-corrected chi connectivity index (χ4v) is 2.50. The van der Waals surface area contributed by atoms with Crippen molar-refractivity contribution in [3.05, 3.63) is 50.5 Å².